The molecule has 1 aliphatic carbocycles. The average Bonchev–Trinajstić information content (AvgIpc) is 3.04. The molecule has 2 fully saturated rings. The molecule has 2 aliphatic rings. The van der Waals surface area contributed by atoms with E-state index >= 15 is 0 Å². The number of carbonyl (C=O) groups is 1. The quantitative estimate of drug-likeness (QED) is 0.714. The number of rotatable bonds is 8. The van der Waals surface area contributed by atoms with Crippen molar-refractivity contribution in [2.75, 3.05) is 39.4 Å². The lowest BCUT2D eigenvalue weighted by Crippen LogP contribution is -2.52. The maximum atomic E-state index is 12.4. The van der Waals surface area contributed by atoms with E-state index in [9.17, 15) is 9.90 Å². The van der Waals surface area contributed by atoms with E-state index in [1.165, 1.54) is 25.7 Å². The minimum absolute atomic E-state index is 0.0947. The van der Waals surface area contributed by atoms with Crippen molar-refractivity contribution in [1.29, 1.82) is 0 Å². The van der Waals surface area contributed by atoms with Crippen molar-refractivity contribution < 1.29 is 14.6 Å². The molecule has 134 valence electrons. The van der Waals surface area contributed by atoms with E-state index in [0.29, 0.717) is 13.1 Å². The van der Waals surface area contributed by atoms with E-state index in [1.54, 1.807) is 6.92 Å². The Kier molecular flexibility index (Phi) is 7.31. The number of nitrogens with one attached hydrogen (secondary N) is 1. The molecule has 23 heavy (non-hydrogen) atoms. The Morgan fingerprint density at radius 3 is 2.61 bits per heavy atom. The van der Waals surface area contributed by atoms with Gasteiger partial charge in [0.2, 0.25) is 5.91 Å². The van der Waals surface area contributed by atoms with Gasteiger partial charge in [0.05, 0.1) is 18.8 Å². The Morgan fingerprint density at radius 2 is 2.00 bits per heavy atom. The fourth-order valence-electron chi connectivity index (χ4n) is 3.83. The molecule has 1 amide bonds. The number of morpholine rings is 1. The summed E-state index contributed by atoms with van der Waals surface area (Å²) < 4.78 is 5.33. The molecular formula is C18H34N2O3. The Morgan fingerprint density at radius 1 is 1.35 bits per heavy atom. The highest BCUT2D eigenvalue weighted by Gasteiger charge is 2.28. The topological polar surface area (TPSA) is 61.8 Å². The second-order valence-corrected chi connectivity index (χ2v) is 7.59. The lowest BCUT2D eigenvalue weighted by molar-refractivity contribution is -0.127. The van der Waals surface area contributed by atoms with Gasteiger partial charge >= 0.3 is 0 Å². The van der Waals surface area contributed by atoms with E-state index in [1.807, 2.05) is 0 Å². The second-order valence-electron chi connectivity index (χ2n) is 7.59. The van der Waals surface area contributed by atoms with Crippen molar-refractivity contribution in [2.45, 2.75) is 58.0 Å². The third-order valence-electron chi connectivity index (χ3n) is 5.27. The zero-order valence-corrected chi connectivity index (χ0v) is 14.9. The maximum absolute atomic E-state index is 12.4. The zero-order valence-electron chi connectivity index (χ0n) is 14.9. The van der Waals surface area contributed by atoms with E-state index in [4.69, 9.17) is 4.74 Å². The first kappa shape index (κ1) is 18.7. The predicted molar refractivity (Wildman–Crippen MR) is 91.2 cm³/mol. The monoisotopic (exact) mass is 326 g/mol. The van der Waals surface area contributed by atoms with Crippen LogP contribution < -0.4 is 5.32 Å². The molecule has 1 aliphatic heterocycles. The molecule has 0 aromatic carbocycles. The van der Waals surface area contributed by atoms with E-state index in [2.05, 4.69) is 17.1 Å². The molecule has 5 nitrogen and oxygen atoms in total. The van der Waals surface area contributed by atoms with E-state index < -0.39 is 5.60 Å². The summed E-state index contributed by atoms with van der Waals surface area (Å²) in [6.45, 7) is 7.95. The van der Waals surface area contributed by atoms with Crippen molar-refractivity contribution in [1.82, 2.24) is 10.2 Å². The van der Waals surface area contributed by atoms with Gasteiger partial charge in [-0.3, -0.25) is 9.69 Å². The fourth-order valence-corrected chi connectivity index (χ4v) is 3.83. The normalized spacial score (nSPS) is 24.3. The van der Waals surface area contributed by atoms with Crippen molar-refractivity contribution in [3.63, 3.8) is 0 Å². The molecule has 1 saturated carbocycles. The molecule has 2 rings (SSSR count). The number of hydrogen-bond donors (Lipinski definition) is 2. The van der Waals surface area contributed by atoms with Crippen molar-refractivity contribution >= 4 is 5.91 Å². The van der Waals surface area contributed by atoms with Crippen LogP contribution in [0.25, 0.3) is 0 Å². The van der Waals surface area contributed by atoms with Gasteiger partial charge in [0.1, 0.15) is 0 Å². The van der Waals surface area contributed by atoms with Crippen LogP contribution in [0.15, 0.2) is 0 Å². The molecular weight excluding hydrogens is 292 g/mol. The molecule has 1 saturated heterocycles. The van der Waals surface area contributed by atoms with Gasteiger partial charge < -0.3 is 15.2 Å². The molecule has 2 atom stereocenters. The molecule has 0 bridgehead atoms. The predicted octanol–water partition coefficient (Wildman–Crippen LogP) is 1.79. The lowest BCUT2D eigenvalue weighted by Gasteiger charge is -2.34. The van der Waals surface area contributed by atoms with Crippen LogP contribution in [0.3, 0.4) is 0 Å². The third-order valence-corrected chi connectivity index (χ3v) is 5.27. The zero-order chi connectivity index (χ0) is 16.7. The van der Waals surface area contributed by atoms with E-state index in [-0.39, 0.29) is 11.8 Å². The second kappa shape index (κ2) is 9.00. The highest BCUT2D eigenvalue weighted by atomic mass is 16.5. The van der Waals surface area contributed by atoms with Crippen molar-refractivity contribution in [2.24, 2.45) is 11.8 Å². The van der Waals surface area contributed by atoms with Gasteiger partial charge in [0.25, 0.3) is 0 Å². The standard InChI is InChI=1S/C18H34N2O3/c1-3-16(12-15-6-4-5-7-15)17(21)19-13-18(2,22)14-20-8-10-23-11-9-20/h15-16,22H,3-14H2,1-2H3,(H,19,21). The summed E-state index contributed by atoms with van der Waals surface area (Å²) in [5.74, 6) is 0.929. The smallest absolute Gasteiger partial charge is 0.223 e. The fraction of sp³-hybridized carbons (Fsp3) is 0.944. The van der Waals surface area contributed by atoms with Crippen LogP contribution in [0.5, 0.6) is 0 Å². The molecule has 0 aromatic heterocycles. The summed E-state index contributed by atoms with van der Waals surface area (Å²) in [7, 11) is 0. The average molecular weight is 326 g/mol. The molecule has 2 unspecified atom stereocenters. The molecule has 0 spiro atoms. The lowest BCUT2D eigenvalue weighted by atomic mass is 9.90. The first-order chi connectivity index (χ1) is 11.0. The minimum atomic E-state index is -0.890. The highest BCUT2D eigenvalue weighted by Crippen LogP contribution is 2.31. The van der Waals surface area contributed by atoms with Crippen LogP contribution in [-0.2, 0) is 9.53 Å². The van der Waals surface area contributed by atoms with Crippen LogP contribution in [-0.4, -0.2) is 60.9 Å². The van der Waals surface area contributed by atoms with E-state index in [0.717, 1.165) is 45.1 Å². The van der Waals surface area contributed by atoms with Gasteiger partial charge in [-0.1, -0.05) is 32.6 Å². The van der Waals surface area contributed by atoms with Crippen LogP contribution in [0.4, 0.5) is 0 Å². The summed E-state index contributed by atoms with van der Waals surface area (Å²) in [5.41, 5.74) is -0.890. The summed E-state index contributed by atoms with van der Waals surface area (Å²) in [4.78, 5) is 14.6. The summed E-state index contributed by atoms with van der Waals surface area (Å²) in [6.07, 6.45) is 7.08. The van der Waals surface area contributed by atoms with Gasteiger partial charge in [-0.2, -0.15) is 0 Å². The Labute approximate surface area is 140 Å². The molecule has 0 radical (unpaired) electrons. The Balaban J connectivity index is 1.73. The summed E-state index contributed by atoms with van der Waals surface area (Å²) >= 11 is 0. The van der Waals surface area contributed by atoms with Gasteiger partial charge in [-0.05, 0) is 25.7 Å². The Hall–Kier alpha value is -0.650. The number of nitrogens with zero attached hydrogens (tertiary/aromatic N) is 1. The number of ether oxygens (including phenoxy) is 1. The number of aliphatic hydroxyl groups is 1. The van der Waals surface area contributed by atoms with Gasteiger partial charge in [-0.25, -0.2) is 0 Å². The van der Waals surface area contributed by atoms with Crippen molar-refractivity contribution in [3.05, 3.63) is 0 Å². The van der Waals surface area contributed by atoms with Crippen LogP contribution >= 0.6 is 0 Å². The van der Waals surface area contributed by atoms with Gasteiger partial charge in [0.15, 0.2) is 0 Å². The summed E-state index contributed by atoms with van der Waals surface area (Å²) in [6, 6.07) is 0. The maximum Gasteiger partial charge on any atom is 0.223 e. The minimum Gasteiger partial charge on any atom is -0.387 e. The SMILES string of the molecule is CCC(CC1CCCC1)C(=O)NCC(C)(O)CN1CCOCC1. The highest BCUT2D eigenvalue weighted by molar-refractivity contribution is 5.78. The van der Waals surface area contributed by atoms with Gasteiger partial charge in [-0.15, -0.1) is 0 Å². The van der Waals surface area contributed by atoms with Crippen molar-refractivity contribution in [3.8, 4) is 0 Å². The van der Waals surface area contributed by atoms with Crippen LogP contribution in [0.2, 0.25) is 0 Å². The third kappa shape index (κ3) is 6.40. The number of β-amino-alcohol motifs (C(OH)–C–C–N with tert-alkyl or cyclic N) is 1. The molecule has 5 heteroatoms. The largest absolute Gasteiger partial charge is 0.387 e. The molecule has 0 aromatic rings. The first-order valence-corrected chi connectivity index (χ1v) is 9.30. The number of carbonyl (C=O) groups excluding carboxylic acids is 1. The summed E-state index contributed by atoms with van der Waals surface area (Å²) in [5, 5.41) is 13.5. The number of amides is 1. The molecule has 1 heterocycles. The Bertz CT molecular complexity index is 361. The van der Waals surface area contributed by atoms with Crippen LogP contribution in [0, 0.1) is 11.8 Å². The van der Waals surface area contributed by atoms with Crippen LogP contribution in [0.1, 0.15) is 52.4 Å². The van der Waals surface area contributed by atoms with Gasteiger partial charge in [0, 0.05) is 32.1 Å². The number of hydrogen-bond acceptors (Lipinski definition) is 4. The molecule has 2 N–H and O–H groups in total. The first-order valence-electron chi connectivity index (χ1n) is 9.30.